The molecule has 86 valence electrons. The fraction of sp³-hybridized carbons (Fsp3) is 0.909. The minimum atomic E-state index is -1.08. The number of carbonyl (C=O) groups is 1. The first-order chi connectivity index (χ1) is 6.54. The molecule has 0 aliphatic rings. The number of hydrogen-bond acceptors (Lipinski definition) is 2. The standard InChI is InChI=1S/C9H20S.C2H4O2/c1-3-5-6-8-9(10)7-4-2;1-2(3)4/h9-10H,3-8H2,1-2H3;1H3,(H,3,4). The van der Waals surface area contributed by atoms with Crippen molar-refractivity contribution in [1.82, 2.24) is 0 Å². The lowest BCUT2D eigenvalue weighted by molar-refractivity contribution is -0.302. The van der Waals surface area contributed by atoms with Gasteiger partial charge in [0.2, 0.25) is 0 Å². The van der Waals surface area contributed by atoms with Crippen molar-refractivity contribution in [2.24, 2.45) is 0 Å². The molecule has 0 aromatic heterocycles. The normalized spacial score (nSPS) is 11.4. The van der Waals surface area contributed by atoms with E-state index in [2.05, 4.69) is 26.5 Å². The van der Waals surface area contributed by atoms with Crippen molar-refractivity contribution in [3.63, 3.8) is 0 Å². The number of rotatable bonds is 6. The Morgan fingerprint density at radius 1 is 1.21 bits per heavy atom. The predicted octanol–water partition coefficient (Wildman–Crippen LogP) is 1.50. The number of unbranched alkanes of at least 4 members (excludes halogenated alkanes) is 2. The molecule has 0 heterocycles. The molecule has 3 heteroatoms. The lowest BCUT2D eigenvalue weighted by atomic mass is 10.1. The lowest BCUT2D eigenvalue weighted by Gasteiger charge is -2.01. The first-order valence-corrected chi connectivity index (χ1v) is 6.00. The van der Waals surface area contributed by atoms with Gasteiger partial charge in [-0.3, -0.25) is 0 Å². The molecule has 0 fully saturated rings. The second-order valence-corrected chi connectivity index (χ2v) is 4.29. The van der Waals surface area contributed by atoms with Crippen LogP contribution in [0.4, 0.5) is 0 Å². The Labute approximate surface area is 93.5 Å². The Kier molecular flexibility index (Phi) is 14.9. The summed E-state index contributed by atoms with van der Waals surface area (Å²) in [6.07, 6.45) is 8.12. The van der Waals surface area contributed by atoms with E-state index < -0.39 is 5.97 Å². The molecular weight excluding hydrogens is 196 g/mol. The summed E-state index contributed by atoms with van der Waals surface area (Å²) in [5.74, 6) is -1.08. The third kappa shape index (κ3) is 22.6. The van der Waals surface area contributed by atoms with Gasteiger partial charge in [-0.1, -0.05) is 33.1 Å². The average Bonchev–Trinajstić information content (AvgIpc) is 2.04. The Bertz CT molecular complexity index is 122. The fourth-order valence-corrected chi connectivity index (χ4v) is 1.63. The van der Waals surface area contributed by atoms with Gasteiger partial charge in [0.1, 0.15) is 5.25 Å². The van der Waals surface area contributed by atoms with Gasteiger partial charge >= 0.3 is 0 Å². The third-order valence-electron chi connectivity index (χ3n) is 1.79. The molecule has 0 aromatic carbocycles. The molecule has 0 aliphatic carbocycles. The van der Waals surface area contributed by atoms with Crippen LogP contribution in [0.5, 0.6) is 0 Å². The number of carbonyl (C=O) groups excluding carboxylic acids is 1. The van der Waals surface area contributed by atoms with Gasteiger partial charge in [-0.15, -0.1) is 0 Å². The van der Waals surface area contributed by atoms with Crippen LogP contribution in [-0.4, -0.2) is 11.2 Å². The summed E-state index contributed by atoms with van der Waals surface area (Å²) in [6.45, 7) is 5.47. The molecular formula is C11H24O2S. The molecule has 2 nitrogen and oxygen atoms in total. The molecule has 0 rings (SSSR count). The Morgan fingerprint density at radius 2 is 1.71 bits per heavy atom. The van der Waals surface area contributed by atoms with E-state index in [1.165, 1.54) is 38.5 Å². The van der Waals surface area contributed by atoms with E-state index in [4.69, 9.17) is 9.90 Å². The second-order valence-electron chi connectivity index (χ2n) is 3.47. The molecule has 0 saturated carbocycles. The van der Waals surface area contributed by atoms with Crippen molar-refractivity contribution in [2.75, 3.05) is 0 Å². The molecule has 0 spiro atoms. The molecule has 0 saturated heterocycles. The SMILES string of the molecule is CC(=O)[O-].CCCCCC([SH2+])CCC. The van der Waals surface area contributed by atoms with E-state index >= 15 is 0 Å². The molecule has 0 N–H and O–H groups in total. The molecule has 0 radical (unpaired) electrons. The maximum atomic E-state index is 8.89. The van der Waals surface area contributed by atoms with Crippen molar-refractivity contribution >= 4 is 18.6 Å². The van der Waals surface area contributed by atoms with Crippen molar-refractivity contribution < 1.29 is 9.90 Å². The Morgan fingerprint density at radius 3 is 2.07 bits per heavy atom. The number of aliphatic carboxylic acids is 1. The van der Waals surface area contributed by atoms with Crippen LogP contribution in [0.3, 0.4) is 0 Å². The van der Waals surface area contributed by atoms with E-state index in [9.17, 15) is 0 Å². The van der Waals surface area contributed by atoms with Crippen LogP contribution in [0, 0.1) is 0 Å². The van der Waals surface area contributed by atoms with Gasteiger partial charge in [0.15, 0.2) is 0 Å². The summed E-state index contributed by atoms with van der Waals surface area (Å²) in [7, 11) is 0. The molecule has 14 heavy (non-hydrogen) atoms. The minimum Gasteiger partial charge on any atom is -0.550 e. The zero-order valence-electron chi connectivity index (χ0n) is 9.64. The zero-order chi connectivity index (χ0) is 11.4. The summed E-state index contributed by atoms with van der Waals surface area (Å²) in [4.78, 5) is 8.89. The van der Waals surface area contributed by atoms with Crippen LogP contribution in [0.25, 0.3) is 0 Å². The van der Waals surface area contributed by atoms with Gasteiger partial charge in [0.05, 0.1) is 0 Å². The first kappa shape index (κ1) is 16.3. The van der Waals surface area contributed by atoms with Crippen LogP contribution >= 0.6 is 0 Å². The van der Waals surface area contributed by atoms with Gasteiger partial charge < -0.3 is 9.90 Å². The van der Waals surface area contributed by atoms with E-state index in [1.54, 1.807) is 0 Å². The molecule has 1 unspecified atom stereocenters. The molecule has 0 aromatic rings. The summed E-state index contributed by atoms with van der Waals surface area (Å²) < 4.78 is 0. The van der Waals surface area contributed by atoms with E-state index in [0.717, 1.165) is 12.2 Å². The number of carboxylic acid groups (broad SMARTS) is 1. The predicted molar refractivity (Wildman–Crippen MR) is 63.7 cm³/mol. The first-order valence-electron chi connectivity index (χ1n) is 5.43. The highest BCUT2D eigenvalue weighted by Crippen LogP contribution is 2.08. The summed E-state index contributed by atoms with van der Waals surface area (Å²) in [6, 6.07) is 0. The van der Waals surface area contributed by atoms with Gasteiger partial charge in [-0.25, -0.2) is 0 Å². The molecule has 0 amide bonds. The van der Waals surface area contributed by atoms with Crippen LogP contribution in [0.15, 0.2) is 0 Å². The summed E-state index contributed by atoms with van der Waals surface area (Å²) in [5.41, 5.74) is 0. The lowest BCUT2D eigenvalue weighted by Crippen LogP contribution is -2.16. The summed E-state index contributed by atoms with van der Waals surface area (Å²) >= 11 is 3.72. The molecule has 1 atom stereocenters. The fourth-order valence-electron chi connectivity index (χ4n) is 1.13. The smallest absolute Gasteiger partial charge is 0.113 e. The summed E-state index contributed by atoms with van der Waals surface area (Å²) in [5, 5.41) is 9.66. The second kappa shape index (κ2) is 12.8. The van der Waals surface area contributed by atoms with Crippen molar-refractivity contribution in [3.8, 4) is 0 Å². The van der Waals surface area contributed by atoms with E-state index in [0.29, 0.717) is 0 Å². The monoisotopic (exact) mass is 220 g/mol. The Hall–Kier alpha value is -0.180. The topological polar surface area (TPSA) is 40.1 Å². The molecule has 0 bridgehead atoms. The third-order valence-corrected chi connectivity index (χ3v) is 2.37. The van der Waals surface area contributed by atoms with Crippen molar-refractivity contribution in [1.29, 1.82) is 0 Å². The van der Waals surface area contributed by atoms with Crippen LogP contribution in [0.1, 0.15) is 59.3 Å². The highest BCUT2D eigenvalue weighted by atomic mass is 32.1. The molecule has 0 aliphatic heterocycles. The highest BCUT2D eigenvalue weighted by molar-refractivity contribution is 7.59. The van der Waals surface area contributed by atoms with Gasteiger partial charge in [0, 0.05) is 5.97 Å². The maximum Gasteiger partial charge on any atom is 0.113 e. The van der Waals surface area contributed by atoms with Crippen molar-refractivity contribution in [2.45, 2.75) is 64.5 Å². The number of carboxylic acids is 1. The van der Waals surface area contributed by atoms with E-state index in [1.807, 2.05) is 0 Å². The van der Waals surface area contributed by atoms with Gasteiger partial charge in [-0.05, 0) is 38.8 Å². The maximum absolute atomic E-state index is 8.89. The van der Waals surface area contributed by atoms with Gasteiger partial charge in [-0.2, -0.15) is 0 Å². The van der Waals surface area contributed by atoms with Crippen LogP contribution in [-0.2, 0) is 17.4 Å². The van der Waals surface area contributed by atoms with Crippen LogP contribution < -0.4 is 5.11 Å². The van der Waals surface area contributed by atoms with Crippen LogP contribution in [0.2, 0.25) is 0 Å². The highest BCUT2D eigenvalue weighted by Gasteiger charge is 2.05. The van der Waals surface area contributed by atoms with E-state index in [-0.39, 0.29) is 0 Å². The quantitative estimate of drug-likeness (QED) is 0.503. The van der Waals surface area contributed by atoms with Crippen molar-refractivity contribution in [3.05, 3.63) is 0 Å². The Balaban J connectivity index is 0. The average molecular weight is 220 g/mol. The van der Waals surface area contributed by atoms with Gasteiger partial charge in [0.25, 0.3) is 0 Å². The number of hydrogen-bond donors (Lipinski definition) is 0. The zero-order valence-corrected chi connectivity index (χ0v) is 10.6. The minimum absolute atomic E-state index is 0.775. The largest absolute Gasteiger partial charge is 0.550 e.